The molecule has 11 heavy (non-hydrogen) atoms. The van der Waals surface area contributed by atoms with E-state index in [0.29, 0.717) is 0 Å². The Kier molecular flexibility index (Phi) is 1.50. The molecule has 0 spiro atoms. The van der Waals surface area contributed by atoms with Crippen LogP contribution in [0.5, 0.6) is 0 Å². The number of hydrogen-bond donors (Lipinski definition) is 0. The number of rotatable bonds is 0. The fraction of sp³-hybridized carbons (Fsp3) is 0.111. The lowest BCUT2D eigenvalue weighted by Gasteiger charge is -1.95. The molecule has 0 radical (unpaired) electrons. The Morgan fingerprint density at radius 3 is 3.00 bits per heavy atom. The molecule has 0 fully saturated rings. The Hall–Kier alpha value is -0.760. The second-order valence-electron chi connectivity index (χ2n) is 2.56. The van der Waals surface area contributed by atoms with Gasteiger partial charge in [0, 0.05) is 9.86 Å². The van der Waals surface area contributed by atoms with Crippen molar-refractivity contribution in [3.05, 3.63) is 34.5 Å². The van der Waals surface area contributed by atoms with Gasteiger partial charge in [0.25, 0.3) is 0 Å². The first-order valence-corrected chi connectivity index (χ1v) is 4.20. The largest absolute Gasteiger partial charge is 0.464 e. The minimum atomic E-state index is 0.950. The van der Waals surface area contributed by atoms with Crippen LogP contribution in [0, 0.1) is 6.92 Å². The smallest absolute Gasteiger partial charge is 0.134 e. The highest BCUT2D eigenvalue weighted by molar-refractivity contribution is 9.10. The highest BCUT2D eigenvalue weighted by Gasteiger charge is 1.99. The zero-order valence-electron chi connectivity index (χ0n) is 6.10. The van der Waals surface area contributed by atoms with Crippen LogP contribution in [-0.2, 0) is 0 Å². The number of halogens is 1. The standard InChI is InChI=1S/C9H7BrO/c1-6-4-9-7(2-3-11-9)5-8(6)10/h2-5H,1H3. The van der Waals surface area contributed by atoms with E-state index in [-0.39, 0.29) is 0 Å². The monoisotopic (exact) mass is 210 g/mol. The SMILES string of the molecule is Cc1cc2occc2cc1Br. The van der Waals surface area contributed by atoms with Crippen LogP contribution >= 0.6 is 15.9 Å². The summed E-state index contributed by atoms with van der Waals surface area (Å²) in [7, 11) is 0. The Labute approximate surface area is 73.1 Å². The Morgan fingerprint density at radius 1 is 1.36 bits per heavy atom. The van der Waals surface area contributed by atoms with Crippen LogP contribution < -0.4 is 0 Å². The van der Waals surface area contributed by atoms with Crippen molar-refractivity contribution in [2.24, 2.45) is 0 Å². The highest BCUT2D eigenvalue weighted by atomic mass is 79.9. The number of aryl methyl sites for hydroxylation is 1. The summed E-state index contributed by atoms with van der Waals surface area (Å²) in [5, 5.41) is 1.14. The summed E-state index contributed by atoms with van der Waals surface area (Å²) in [6.45, 7) is 2.05. The molecular weight excluding hydrogens is 204 g/mol. The van der Waals surface area contributed by atoms with Crippen molar-refractivity contribution in [2.75, 3.05) is 0 Å². The van der Waals surface area contributed by atoms with Gasteiger partial charge in [0.1, 0.15) is 5.58 Å². The molecule has 0 aliphatic heterocycles. The van der Waals surface area contributed by atoms with Gasteiger partial charge in [-0.25, -0.2) is 0 Å². The Balaban J connectivity index is 2.86. The maximum Gasteiger partial charge on any atom is 0.134 e. The van der Waals surface area contributed by atoms with Crippen LogP contribution in [0.2, 0.25) is 0 Å². The molecule has 0 aliphatic rings. The normalized spacial score (nSPS) is 10.7. The number of hydrogen-bond acceptors (Lipinski definition) is 1. The van der Waals surface area contributed by atoms with Crippen molar-refractivity contribution in [3.8, 4) is 0 Å². The molecule has 2 aromatic rings. The molecule has 2 rings (SSSR count). The minimum absolute atomic E-state index is 0.950. The zero-order chi connectivity index (χ0) is 7.84. The van der Waals surface area contributed by atoms with Crippen LogP contribution in [0.1, 0.15) is 5.56 Å². The average Bonchev–Trinajstić information content (AvgIpc) is 2.36. The highest BCUT2D eigenvalue weighted by Crippen LogP contribution is 2.24. The van der Waals surface area contributed by atoms with Gasteiger partial charge in [-0.3, -0.25) is 0 Å². The van der Waals surface area contributed by atoms with Crippen molar-refractivity contribution >= 4 is 26.9 Å². The zero-order valence-corrected chi connectivity index (χ0v) is 7.68. The van der Waals surface area contributed by atoms with E-state index in [1.807, 2.05) is 19.1 Å². The van der Waals surface area contributed by atoms with Crippen molar-refractivity contribution in [1.29, 1.82) is 0 Å². The molecule has 1 nitrogen and oxygen atoms in total. The summed E-state index contributed by atoms with van der Waals surface area (Å²) < 4.78 is 6.36. The first-order valence-electron chi connectivity index (χ1n) is 3.41. The maximum atomic E-state index is 5.23. The van der Waals surface area contributed by atoms with E-state index in [2.05, 4.69) is 22.0 Å². The van der Waals surface area contributed by atoms with Gasteiger partial charge in [0.2, 0.25) is 0 Å². The van der Waals surface area contributed by atoms with Crippen molar-refractivity contribution in [3.63, 3.8) is 0 Å². The summed E-state index contributed by atoms with van der Waals surface area (Å²) in [6, 6.07) is 6.05. The van der Waals surface area contributed by atoms with E-state index < -0.39 is 0 Å². The lowest BCUT2D eigenvalue weighted by molar-refractivity contribution is 0.615. The third-order valence-electron chi connectivity index (χ3n) is 1.73. The third-order valence-corrected chi connectivity index (χ3v) is 2.59. The quantitative estimate of drug-likeness (QED) is 0.649. The lowest BCUT2D eigenvalue weighted by atomic mass is 10.2. The second-order valence-corrected chi connectivity index (χ2v) is 3.41. The van der Waals surface area contributed by atoms with E-state index in [4.69, 9.17) is 4.42 Å². The average molecular weight is 211 g/mol. The topological polar surface area (TPSA) is 13.1 Å². The first-order chi connectivity index (χ1) is 5.27. The summed E-state index contributed by atoms with van der Waals surface area (Å²) in [6.07, 6.45) is 1.70. The third kappa shape index (κ3) is 1.07. The van der Waals surface area contributed by atoms with Gasteiger partial charge < -0.3 is 4.42 Å². The number of fused-ring (bicyclic) bond motifs is 1. The fourth-order valence-electron chi connectivity index (χ4n) is 1.08. The molecule has 56 valence electrons. The van der Waals surface area contributed by atoms with Crippen LogP contribution in [0.3, 0.4) is 0 Å². The Bertz CT molecular complexity index is 353. The van der Waals surface area contributed by atoms with Crippen LogP contribution in [0.15, 0.2) is 33.4 Å². The van der Waals surface area contributed by atoms with Gasteiger partial charge in [-0.1, -0.05) is 15.9 Å². The fourth-order valence-corrected chi connectivity index (χ4v) is 1.44. The Morgan fingerprint density at radius 2 is 2.18 bits per heavy atom. The van der Waals surface area contributed by atoms with E-state index in [9.17, 15) is 0 Å². The van der Waals surface area contributed by atoms with Crippen LogP contribution in [-0.4, -0.2) is 0 Å². The summed E-state index contributed by atoms with van der Waals surface area (Å²) in [5.74, 6) is 0. The van der Waals surface area contributed by atoms with Gasteiger partial charge >= 0.3 is 0 Å². The molecule has 1 aromatic heterocycles. The maximum absolute atomic E-state index is 5.23. The molecule has 0 N–H and O–H groups in total. The predicted molar refractivity (Wildman–Crippen MR) is 48.7 cm³/mol. The van der Waals surface area contributed by atoms with Gasteiger partial charge in [-0.05, 0) is 30.7 Å². The molecule has 0 bridgehead atoms. The molecule has 0 unspecified atom stereocenters. The van der Waals surface area contributed by atoms with E-state index >= 15 is 0 Å². The summed E-state index contributed by atoms with van der Waals surface area (Å²) in [5.41, 5.74) is 2.15. The number of benzene rings is 1. The van der Waals surface area contributed by atoms with Crippen LogP contribution in [0.25, 0.3) is 11.0 Å². The van der Waals surface area contributed by atoms with Gasteiger partial charge in [-0.15, -0.1) is 0 Å². The molecule has 0 saturated carbocycles. The molecule has 0 amide bonds. The second kappa shape index (κ2) is 2.38. The van der Waals surface area contributed by atoms with E-state index in [0.717, 1.165) is 15.4 Å². The molecule has 0 atom stereocenters. The van der Waals surface area contributed by atoms with Gasteiger partial charge in [-0.2, -0.15) is 0 Å². The van der Waals surface area contributed by atoms with Crippen molar-refractivity contribution < 1.29 is 4.42 Å². The molecule has 0 saturated heterocycles. The van der Waals surface area contributed by atoms with Crippen LogP contribution in [0.4, 0.5) is 0 Å². The van der Waals surface area contributed by atoms with Crippen molar-refractivity contribution in [1.82, 2.24) is 0 Å². The molecular formula is C9H7BrO. The molecule has 2 heteroatoms. The predicted octanol–water partition coefficient (Wildman–Crippen LogP) is 3.50. The van der Waals surface area contributed by atoms with Gasteiger partial charge in [0.05, 0.1) is 6.26 Å². The van der Waals surface area contributed by atoms with Gasteiger partial charge in [0.15, 0.2) is 0 Å². The summed E-state index contributed by atoms with van der Waals surface area (Å²) >= 11 is 3.46. The van der Waals surface area contributed by atoms with Crippen molar-refractivity contribution in [2.45, 2.75) is 6.92 Å². The molecule has 1 aromatic carbocycles. The summed E-state index contributed by atoms with van der Waals surface area (Å²) in [4.78, 5) is 0. The molecule has 0 aliphatic carbocycles. The molecule has 1 heterocycles. The van der Waals surface area contributed by atoms with E-state index in [1.165, 1.54) is 5.56 Å². The minimum Gasteiger partial charge on any atom is -0.464 e. The van der Waals surface area contributed by atoms with E-state index in [1.54, 1.807) is 6.26 Å². The number of furan rings is 1. The first kappa shape index (κ1) is 6.92. The lowest BCUT2D eigenvalue weighted by Crippen LogP contribution is -1.73.